The van der Waals surface area contributed by atoms with Crippen LogP contribution in [0.5, 0.6) is 0 Å². The molecule has 72 valence electrons. The number of hydrogen-bond acceptors (Lipinski definition) is 1. The van der Waals surface area contributed by atoms with E-state index in [2.05, 4.69) is 5.10 Å². The fourth-order valence-corrected chi connectivity index (χ4v) is 1.84. The molecule has 3 heteroatoms. The lowest BCUT2D eigenvalue weighted by atomic mass is 10.1. The van der Waals surface area contributed by atoms with Gasteiger partial charge in [-0.1, -0.05) is 36.4 Å². The van der Waals surface area contributed by atoms with Crippen LogP contribution in [0.25, 0.3) is 27.6 Å². The molecule has 0 bridgehead atoms. The molecule has 1 heterocycles. The summed E-state index contributed by atoms with van der Waals surface area (Å²) in [6, 6.07) is 15.7. The predicted octanol–water partition coefficient (Wildman–Crippen LogP) is 2.49. The van der Waals surface area contributed by atoms with Crippen molar-refractivity contribution in [1.29, 1.82) is 0 Å². The maximum atomic E-state index is 7.75. The van der Waals surface area contributed by atoms with E-state index in [0.717, 1.165) is 21.8 Å². The Bertz CT molecular complexity index is 646. The van der Waals surface area contributed by atoms with Gasteiger partial charge in [0.25, 0.3) is 0 Å². The van der Waals surface area contributed by atoms with Gasteiger partial charge in [-0.3, -0.25) is 0 Å². The molecule has 1 N–H and O–H groups in total. The van der Waals surface area contributed by atoms with Gasteiger partial charge < -0.3 is 0 Å². The number of para-hydroxylation sites is 1. The maximum absolute atomic E-state index is 7.75. The Morgan fingerprint density at radius 2 is 1.53 bits per heavy atom. The van der Waals surface area contributed by atoms with Crippen molar-refractivity contribution in [2.75, 3.05) is 0 Å². The molecule has 3 rings (SSSR count). The van der Waals surface area contributed by atoms with Crippen LogP contribution in [-0.4, -0.2) is 5.10 Å². The molecule has 0 spiro atoms. The van der Waals surface area contributed by atoms with Crippen molar-refractivity contribution in [3.8, 4) is 0 Å². The van der Waals surface area contributed by atoms with Crippen LogP contribution in [0.15, 0.2) is 48.5 Å². The Labute approximate surface area is 86.7 Å². The molecule has 15 heavy (non-hydrogen) atoms. The van der Waals surface area contributed by atoms with Gasteiger partial charge >= 0.3 is 0 Å². The van der Waals surface area contributed by atoms with Gasteiger partial charge in [0.15, 0.2) is 0 Å². The molecule has 0 aliphatic carbocycles. The summed E-state index contributed by atoms with van der Waals surface area (Å²) in [5, 5.41) is 6.35. The first-order chi connectivity index (χ1) is 7.36. The highest BCUT2D eigenvalue weighted by molar-refractivity contribution is 6.01. The number of nitrogens with zero attached hydrogens (tertiary/aromatic N) is 2. The van der Waals surface area contributed by atoms with Gasteiger partial charge in [-0.15, -0.1) is 4.79 Å². The second-order valence-electron chi connectivity index (χ2n) is 3.45. The average molecular weight is 195 g/mol. The molecule has 3 nitrogen and oxygen atoms in total. The zero-order valence-corrected chi connectivity index (χ0v) is 8.01. The minimum atomic E-state index is 0.830. The van der Waals surface area contributed by atoms with E-state index in [1.54, 1.807) is 0 Å². The molecule has 2 aromatic carbocycles. The molecule has 0 amide bonds. The number of nitrogens with one attached hydrogen (secondary N) is 1. The van der Waals surface area contributed by atoms with E-state index in [-0.39, 0.29) is 0 Å². The molecule has 0 saturated carbocycles. The van der Waals surface area contributed by atoms with Crippen LogP contribution < -0.4 is 4.79 Å². The zero-order chi connectivity index (χ0) is 10.3. The SMILES string of the molecule is [NH-][n+]1nc2ccccc2c2ccccc21. The second-order valence-corrected chi connectivity index (χ2v) is 3.45. The molecule has 0 radical (unpaired) electrons. The number of aromatic nitrogens is 2. The summed E-state index contributed by atoms with van der Waals surface area (Å²) in [5.74, 6) is 7.75. The number of fused-ring (bicyclic) bond motifs is 3. The largest absolute Gasteiger partial charge is 0.233 e. The van der Waals surface area contributed by atoms with E-state index in [1.165, 1.54) is 4.79 Å². The van der Waals surface area contributed by atoms with Crippen LogP contribution >= 0.6 is 0 Å². The summed E-state index contributed by atoms with van der Waals surface area (Å²) in [5.41, 5.74) is 1.68. The van der Waals surface area contributed by atoms with Gasteiger partial charge in [0.05, 0.1) is 5.39 Å². The molecule has 0 unspecified atom stereocenters. The Morgan fingerprint density at radius 3 is 2.40 bits per heavy atom. The Morgan fingerprint density at radius 1 is 0.867 bits per heavy atom. The summed E-state index contributed by atoms with van der Waals surface area (Å²) in [6.07, 6.45) is 0. The Balaban J connectivity index is 2.64. The lowest BCUT2D eigenvalue weighted by Gasteiger charge is -2.04. The van der Waals surface area contributed by atoms with E-state index in [4.69, 9.17) is 5.84 Å². The highest BCUT2D eigenvalue weighted by atomic mass is 15.5. The van der Waals surface area contributed by atoms with Gasteiger partial charge in [-0.25, -0.2) is 5.84 Å². The Hall–Kier alpha value is -2.16. The third-order valence-electron chi connectivity index (χ3n) is 2.53. The van der Waals surface area contributed by atoms with Gasteiger partial charge in [0, 0.05) is 11.6 Å². The van der Waals surface area contributed by atoms with E-state index < -0.39 is 0 Å². The molecular weight excluding hydrogens is 186 g/mol. The van der Waals surface area contributed by atoms with Crippen LogP contribution in [0.2, 0.25) is 0 Å². The van der Waals surface area contributed by atoms with Crippen molar-refractivity contribution in [3.05, 3.63) is 54.4 Å². The minimum absolute atomic E-state index is 0.830. The first-order valence-electron chi connectivity index (χ1n) is 4.78. The predicted molar refractivity (Wildman–Crippen MR) is 59.2 cm³/mol. The smallest absolute Gasteiger partial charge is 0.228 e. The number of rotatable bonds is 0. The van der Waals surface area contributed by atoms with Crippen molar-refractivity contribution in [2.24, 2.45) is 0 Å². The molecular formula is C12H9N3. The lowest BCUT2D eigenvalue weighted by Crippen LogP contribution is -2.29. The standard InChI is InChI=1S/C12H9N3/c13-15-12-8-4-2-6-10(12)9-5-1-3-7-11(9)14-15/h1-8,13H. The quantitative estimate of drug-likeness (QED) is 0.401. The van der Waals surface area contributed by atoms with Crippen molar-refractivity contribution < 1.29 is 4.79 Å². The van der Waals surface area contributed by atoms with Crippen LogP contribution in [0.4, 0.5) is 0 Å². The third-order valence-corrected chi connectivity index (χ3v) is 2.53. The lowest BCUT2D eigenvalue weighted by molar-refractivity contribution is -0.640. The highest BCUT2D eigenvalue weighted by Crippen LogP contribution is 2.19. The third kappa shape index (κ3) is 1.13. The summed E-state index contributed by atoms with van der Waals surface area (Å²) in [7, 11) is 0. The van der Waals surface area contributed by atoms with Crippen molar-refractivity contribution >= 4 is 21.8 Å². The molecule has 0 aliphatic rings. The van der Waals surface area contributed by atoms with Gasteiger partial charge in [0.2, 0.25) is 5.52 Å². The highest BCUT2D eigenvalue weighted by Gasteiger charge is 2.05. The van der Waals surface area contributed by atoms with Crippen molar-refractivity contribution in [2.45, 2.75) is 0 Å². The molecule has 3 aromatic rings. The Kier molecular flexibility index (Phi) is 1.59. The molecule has 0 aliphatic heterocycles. The van der Waals surface area contributed by atoms with Gasteiger partial charge in [-0.2, -0.15) is 5.10 Å². The van der Waals surface area contributed by atoms with Crippen molar-refractivity contribution in [3.63, 3.8) is 0 Å². The normalized spacial score (nSPS) is 10.9. The van der Waals surface area contributed by atoms with Crippen LogP contribution in [-0.2, 0) is 0 Å². The van der Waals surface area contributed by atoms with Gasteiger partial charge in [0.1, 0.15) is 0 Å². The molecule has 0 fully saturated rings. The van der Waals surface area contributed by atoms with E-state index in [1.807, 2.05) is 48.5 Å². The van der Waals surface area contributed by atoms with Crippen LogP contribution in [0.3, 0.4) is 0 Å². The topological polar surface area (TPSA) is 40.6 Å². The molecule has 0 saturated heterocycles. The summed E-state index contributed by atoms with van der Waals surface area (Å²) in [6.45, 7) is 0. The molecule has 0 atom stereocenters. The number of benzene rings is 2. The minimum Gasteiger partial charge on any atom is -0.228 e. The second kappa shape index (κ2) is 2.92. The summed E-state index contributed by atoms with van der Waals surface area (Å²) >= 11 is 0. The average Bonchev–Trinajstić information content (AvgIpc) is 2.30. The maximum Gasteiger partial charge on any atom is 0.233 e. The van der Waals surface area contributed by atoms with Gasteiger partial charge in [-0.05, 0) is 11.5 Å². The fourth-order valence-electron chi connectivity index (χ4n) is 1.84. The first kappa shape index (κ1) is 8.17. The molecule has 1 aromatic heterocycles. The zero-order valence-electron chi connectivity index (χ0n) is 8.01. The summed E-state index contributed by atoms with van der Waals surface area (Å²) in [4.78, 5) is 1.18. The van der Waals surface area contributed by atoms with E-state index in [0.29, 0.717) is 0 Å². The van der Waals surface area contributed by atoms with Crippen LogP contribution in [0.1, 0.15) is 0 Å². The monoisotopic (exact) mass is 195 g/mol. The number of hydrogen-bond donors (Lipinski definition) is 0. The first-order valence-corrected chi connectivity index (χ1v) is 4.78. The van der Waals surface area contributed by atoms with Crippen molar-refractivity contribution in [1.82, 2.24) is 5.10 Å². The fraction of sp³-hybridized carbons (Fsp3) is 0. The van der Waals surface area contributed by atoms with Crippen LogP contribution in [0, 0.1) is 0 Å². The summed E-state index contributed by atoms with van der Waals surface area (Å²) < 4.78 is 0. The van der Waals surface area contributed by atoms with E-state index >= 15 is 0 Å². The van der Waals surface area contributed by atoms with E-state index in [9.17, 15) is 0 Å².